The molecule has 3 heterocycles. The van der Waals surface area contributed by atoms with Crippen LogP contribution in [0.4, 0.5) is 4.79 Å². The molecule has 1 aliphatic carbocycles. The largest absolute Gasteiger partial charge is 0.378 e. The summed E-state index contributed by atoms with van der Waals surface area (Å²) in [7, 11) is 0. The molecule has 1 N–H and O–H groups in total. The highest BCUT2D eigenvalue weighted by molar-refractivity contribution is 5.74. The Morgan fingerprint density at radius 3 is 2.76 bits per heavy atom. The number of urea groups is 1. The molecule has 6 nitrogen and oxygen atoms in total. The van der Waals surface area contributed by atoms with E-state index < -0.39 is 0 Å². The van der Waals surface area contributed by atoms with Gasteiger partial charge >= 0.3 is 6.03 Å². The second-order valence-corrected chi connectivity index (χ2v) is 7.50. The minimum Gasteiger partial charge on any atom is -0.378 e. The van der Waals surface area contributed by atoms with Crippen molar-refractivity contribution in [2.24, 2.45) is 5.92 Å². The third-order valence-electron chi connectivity index (χ3n) is 5.56. The first-order chi connectivity index (χ1) is 12.3. The van der Waals surface area contributed by atoms with Gasteiger partial charge in [0.05, 0.1) is 11.8 Å². The van der Waals surface area contributed by atoms with Gasteiger partial charge in [-0.3, -0.25) is 9.88 Å². The molecule has 0 spiro atoms. The molecule has 3 aliphatic rings. The number of nitrogens with one attached hydrogen (secondary N) is 1. The normalized spacial score (nSPS) is 27.9. The van der Waals surface area contributed by atoms with Crippen LogP contribution >= 0.6 is 0 Å². The summed E-state index contributed by atoms with van der Waals surface area (Å²) in [6.07, 6.45) is 6.72. The molecule has 1 saturated carbocycles. The van der Waals surface area contributed by atoms with Crippen LogP contribution in [0.1, 0.15) is 31.4 Å². The Hall–Kier alpha value is -1.66. The Kier molecular flexibility index (Phi) is 5.17. The highest BCUT2D eigenvalue weighted by atomic mass is 16.5. The van der Waals surface area contributed by atoms with E-state index in [0.717, 1.165) is 63.8 Å². The number of aromatic nitrogens is 1. The van der Waals surface area contributed by atoms with E-state index in [4.69, 9.17) is 4.74 Å². The number of amides is 2. The molecule has 2 aliphatic heterocycles. The maximum Gasteiger partial charge on any atom is 0.317 e. The van der Waals surface area contributed by atoms with E-state index in [1.54, 1.807) is 0 Å². The van der Waals surface area contributed by atoms with Gasteiger partial charge in [0, 0.05) is 51.6 Å². The van der Waals surface area contributed by atoms with Gasteiger partial charge in [0.15, 0.2) is 0 Å². The molecule has 1 aromatic heterocycles. The second kappa shape index (κ2) is 7.70. The number of carbonyl (C=O) groups is 1. The SMILES string of the molecule is O=C(N[C@@H]1CCO[C@H](C2CC2)C1)N1CCN(Cc2ccccn2)CC1. The molecule has 3 fully saturated rings. The van der Waals surface area contributed by atoms with E-state index in [1.165, 1.54) is 12.8 Å². The fourth-order valence-electron chi connectivity index (χ4n) is 3.85. The van der Waals surface area contributed by atoms with Crippen molar-refractivity contribution in [3.8, 4) is 0 Å². The summed E-state index contributed by atoms with van der Waals surface area (Å²) in [5.41, 5.74) is 1.09. The van der Waals surface area contributed by atoms with Crippen molar-refractivity contribution in [1.82, 2.24) is 20.1 Å². The monoisotopic (exact) mass is 344 g/mol. The zero-order valence-corrected chi connectivity index (χ0v) is 14.8. The van der Waals surface area contributed by atoms with Crippen LogP contribution in [0.2, 0.25) is 0 Å². The molecule has 6 heteroatoms. The molecule has 2 saturated heterocycles. The van der Waals surface area contributed by atoms with Crippen molar-refractivity contribution < 1.29 is 9.53 Å². The average Bonchev–Trinajstić information content (AvgIpc) is 3.49. The minimum atomic E-state index is 0.0962. The summed E-state index contributed by atoms with van der Waals surface area (Å²) >= 11 is 0. The van der Waals surface area contributed by atoms with Crippen molar-refractivity contribution in [3.05, 3.63) is 30.1 Å². The predicted octanol–water partition coefficient (Wildman–Crippen LogP) is 1.87. The van der Waals surface area contributed by atoms with Crippen LogP contribution in [0, 0.1) is 5.92 Å². The highest BCUT2D eigenvalue weighted by Crippen LogP contribution is 2.38. The van der Waals surface area contributed by atoms with Gasteiger partial charge in [-0.15, -0.1) is 0 Å². The number of hydrogen-bond acceptors (Lipinski definition) is 4. The summed E-state index contributed by atoms with van der Waals surface area (Å²) in [6.45, 7) is 5.02. The van der Waals surface area contributed by atoms with Gasteiger partial charge < -0.3 is 15.0 Å². The van der Waals surface area contributed by atoms with Crippen molar-refractivity contribution in [2.45, 2.75) is 44.4 Å². The molecule has 0 radical (unpaired) electrons. The molecular weight excluding hydrogens is 316 g/mol. The Bertz CT molecular complexity index is 570. The molecule has 0 bridgehead atoms. The summed E-state index contributed by atoms with van der Waals surface area (Å²) in [6, 6.07) is 6.39. The molecule has 1 aromatic rings. The molecule has 2 atom stereocenters. The summed E-state index contributed by atoms with van der Waals surface area (Å²) in [5, 5.41) is 3.24. The van der Waals surface area contributed by atoms with Gasteiger partial charge in [0.2, 0.25) is 0 Å². The van der Waals surface area contributed by atoms with Crippen LogP contribution in [0.15, 0.2) is 24.4 Å². The van der Waals surface area contributed by atoms with Crippen LogP contribution in [-0.2, 0) is 11.3 Å². The van der Waals surface area contributed by atoms with E-state index in [2.05, 4.69) is 21.3 Å². The number of carbonyl (C=O) groups excluding carboxylic acids is 1. The topological polar surface area (TPSA) is 57.7 Å². The van der Waals surface area contributed by atoms with Gasteiger partial charge in [0.1, 0.15) is 0 Å². The van der Waals surface area contributed by atoms with Crippen LogP contribution < -0.4 is 5.32 Å². The number of hydrogen-bond donors (Lipinski definition) is 1. The van der Waals surface area contributed by atoms with Gasteiger partial charge in [-0.05, 0) is 43.7 Å². The van der Waals surface area contributed by atoms with E-state index in [-0.39, 0.29) is 12.1 Å². The standard InChI is InChI=1S/C19H28N4O2/c24-19(21-16-6-12-25-18(13-16)15-4-5-15)23-10-8-22(9-11-23)14-17-3-1-2-7-20-17/h1-3,7,15-16,18H,4-6,8-14H2,(H,21,24)/t16-,18+/m1/s1. The van der Waals surface area contributed by atoms with E-state index in [0.29, 0.717) is 6.10 Å². The molecule has 136 valence electrons. The third kappa shape index (κ3) is 4.50. The number of ether oxygens (including phenoxy) is 1. The summed E-state index contributed by atoms with van der Waals surface area (Å²) in [4.78, 5) is 21.3. The lowest BCUT2D eigenvalue weighted by atomic mass is 10.0. The van der Waals surface area contributed by atoms with Gasteiger partial charge in [-0.1, -0.05) is 6.07 Å². The summed E-state index contributed by atoms with van der Waals surface area (Å²) < 4.78 is 5.85. The Labute approximate surface area is 149 Å². The quantitative estimate of drug-likeness (QED) is 0.906. The number of rotatable bonds is 4. The van der Waals surface area contributed by atoms with E-state index in [9.17, 15) is 4.79 Å². The second-order valence-electron chi connectivity index (χ2n) is 7.50. The van der Waals surface area contributed by atoms with Crippen molar-refractivity contribution in [1.29, 1.82) is 0 Å². The van der Waals surface area contributed by atoms with Crippen LogP contribution in [0.5, 0.6) is 0 Å². The molecule has 25 heavy (non-hydrogen) atoms. The van der Waals surface area contributed by atoms with E-state index >= 15 is 0 Å². The fourth-order valence-corrected chi connectivity index (χ4v) is 3.85. The third-order valence-corrected chi connectivity index (χ3v) is 5.56. The molecule has 4 rings (SSSR count). The molecule has 2 amide bonds. The van der Waals surface area contributed by atoms with Crippen LogP contribution in [0.3, 0.4) is 0 Å². The first kappa shape index (κ1) is 16.8. The highest BCUT2D eigenvalue weighted by Gasteiger charge is 2.36. The van der Waals surface area contributed by atoms with Crippen LogP contribution in [0.25, 0.3) is 0 Å². The van der Waals surface area contributed by atoms with Crippen LogP contribution in [-0.4, -0.2) is 65.7 Å². The molecule has 0 unspecified atom stereocenters. The minimum absolute atomic E-state index is 0.0962. The van der Waals surface area contributed by atoms with Gasteiger partial charge in [-0.2, -0.15) is 0 Å². The first-order valence-corrected chi connectivity index (χ1v) is 9.57. The lowest BCUT2D eigenvalue weighted by molar-refractivity contribution is -0.0101. The van der Waals surface area contributed by atoms with Crippen molar-refractivity contribution in [3.63, 3.8) is 0 Å². The smallest absolute Gasteiger partial charge is 0.317 e. The Morgan fingerprint density at radius 2 is 2.04 bits per heavy atom. The number of nitrogens with zero attached hydrogens (tertiary/aromatic N) is 3. The van der Waals surface area contributed by atoms with E-state index in [1.807, 2.05) is 23.2 Å². The van der Waals surface area contributed by atoms with Crippen molar-refractivity contribution in [2.75, 3.05) is 32.8 Å². The maximum absolute atomic E-state index is 12.6. The first-order valence-electron chi connectivity index (χ1n) is 9.57. The van der Waals surface area contributed by atoms with Gasteiger partial charge in [-0.25, -0.2) is 4.79 Å². The maximum atomic E-state index is 12.6. The van der Waals surface area contributed by atoms with Crippen molar-refractivity contribution >= 4 is 6.03 Å². The Morgan fingerprint density at radius 1 is 1.20 bits per heavy atom. The zero-order chi connectivity index (χ0) is 17.1. The lowest BCUT2D eigenvalue weighted by Gasteiger charge is -2.36. The average molecular weight is 344 g/mol. The number of piperazine rings is 1. The molecule has 0 aromatic carbocycles. The lowest BCUT2D eigenvalue weighted by Crippen LogP contribution is -2.54. The Balaban J connectivity index is 1.21. The summed E-state index contributed by atoms with van der Waals surface area (Å²) in [5.74, 6) is 0.745. The fraction of sp³-hybridized carbons (Fsp3) is 0.684. The number of pyridine rings is 1. The molecular formula is C19H28N4O2. The van der Waals surface area contributed by atoms with Gasteiger partial charge in [0.25, 0.3) is 0 Å². The predicted molar refractivity (Wildman–Crippen MR) is 95.1 cm³/mol. The zero-order valence-electron chi connectivity index (χ0n) is 14.8.